The standard InChI is InChI=1S/C12H14BrN3O2/c1-12(2,17)11-7-16(15-14-11)8-4-5-9(13)10(6-8)18-3/h4-7,17H,1-3H3. The Morgan fingerprint density at radius 3 is 2.67 bits per heavy atom. The summed E-state index contributed by atoms with van der Waals surface area (Å²) >= 11 is 3.39. The fourth-order valence-corrected chi connectivity index (χ4v) is 1.87. The lowest BCUT2D eigenvalue weighted by Crippen LogP contribution is -2.15. The Bertz CT molecular complexity index is 561. The predicted octanol–water partition coefficient (Wildman–Crippen LogP) is 2.27. The highest BCUT2D eigenvalue weighted by Crippen LogP contribution is 2.27. The molecule has 0 saturated heterocycles. The largest absolute Gasteiger partial charge is 0.495 e. The lowest BCUT2D eigenvalue weighted by Gasteiger charge is -2.11. The zero-order valence-corrected chi connectivity index (χ0v) is 12.0. The maximum atomic E-state index is 9.85. The number of halogens is 1. The third-order valence-electron chi connectivity index (χ3n) is 2.52. The molecule has 1 heterocycles. The topological polar surface area (TPSA) is 60.2 Å². The van der Waals surface area contributed by atoms with Crippen molar-refractivity contribution in [3.05, 3.63) is 34.6 Å². The number of nitrogens with zero attached hydrogens (tertiary/aromatic N) is 3. The fourth-order valence-electron chi connectivity index (χ4n) is 1.46. The summed E-state index contributed by atoms with van der Waals surface area (Å²) in [6.45, 7) is 3.34. The highest BCUT2D eigenvalue weighted by Gasteiger charge is 2.20. The molecule has 0 saturated carbocycles. The first-order valence-electron chi connectivity index (χ1n) is 5.41. The number of hydrogen-bond acceptors (Lipinski definition) is 4. The van der Waals surface area contributed by atoms with Crippen molar-refractivity contribution < 1.29 is 9.84 Å². The van der Waals surface area contributed by atoms with Gasteiger partial charge in [-0.15, -0.1) is 5.10 Å². The molecule has 0 aliphatic carbocycles. The second-order valence-electron chi connectivity index (χ2n) is 4.43. The van der Waals surface area contributed by atoms with Crippen molar-refractivity contribution in [1.29, 1.82) is 0 Å². The zero-order valence-electron chi connectivity index (χ0n) is 10.4. The molecule has 6 heteroatoms. The van der Waals surface area contributed by atoms with Crippen molar-refractivity contribution in [2.75, 3.05) is 7.11 Å². The second-order valence-corrected chi connectivity index (χ2v) is 5.28. The maximum absolute atomic E-state index is 9.85. The average Bonchev–Trinajstić information content (AvgIpc) is 2.78. The fraction of sp³-hybridized carbons (Fsp3) is 0.333. The Balaban J connectivity index is 2.40. The van der Waals surface area contributed by atoms with Crippen molar-refractivity contribution in [3.63, 3.8) is 0 Å². The summed E-state index contributed by atoms with van der Waals surface area (Å²) in [5, 5.41) is 17.8. The summed E-state index contributed by atoms with van der Waals surface area (Å²) in [6.07, 6.45) is 1.70. The SMILES string of the molecule is COc1cc(-n2cc(C(C)(C)O)nn2)ccc1Br. The Labute approximate surface area is 114 Å². The van der Waals surface area contributed by atoms with Crippen LogP contribution in [0.2, 0.25) is 0 Å². The molecule has 1 aromatic heterocycles. The van der Waals surface area contributed by atoms with Crippen LogP contribution in [0, 0.1) is 0 Å². The molecule has 96 valence electrons. The van der Waals surface area contributed by atoms with E-state index in [1.807, 2.05) is 18.2 Å². The first-order valence-corrected chi connectivity index (χ1v) is 6.20. The summed E-state index contributed by atoms with van der Waals surface area (Å²) in [5.41, 5.74) is 0.333. The highest BCUT2D eigenvalue weighted by atomic mass is 79.9. The van der Waals surface area contributed by atoms with Crippen LogP contribution in [0.3, 0.4) is 0 Å². The molecular formula is C12H14BrN3O2. The molecule has 2 aromatic rings. The van der Waals surface area contributed by atoms with Gasteiger partial charge in [0.1, 0.15) is 17.0 Å². The van der Waals surface area contributed by atoms with Gasteiger partial charge in [-0.2, -0.15) is 0 Å². The summed E-state index contributed by atoms with van der Waals surface area (Å²) in [4.78, 5) is 0. The van der Waals surface area contributed by atoms with Gasteiger partial charge in [0.25, 0.3) is 0 Å². The van der Waals surface area contributed by atoms with Crippen LogP contribution < -0.4 is 4.74 Å². The molecule has 0 amide bonds. The molecule has 0 aliphatic heterocycles. The second kappa shape index (κ2) is 4.70. The van der Waals surface area contributed by atoms with E-state index >= 15 is 0 Å². The van der Waals surface area contributed by atoms with Gasteiger partial charge >= 0.3 is 0 Å². The van der Waals surface area contributed by atoms with Crippen LogP contribution in [0.4, 0.5) is 0 Å². The van der Waals surface area contributed by atoms with Crippen LogP contribution >= 0.6 is 15.9 Å². The lowest BCUT2D eigenvalue weighted by molar-refractivity contribution is 0.0737. The van der Waals surface area contributed by atoms with Crippen LogP contribution in [0.15, 0.2) is 28.9 Å². The van der Waals surface area contributed by atoms with E-state index in [-0.39, 0.29) is 0 Å². The van der Waals surface area contributed by atoms with E-state index in [0.29, 0.717) is 11.4 Å². The monoisotopic (exact) mass is 311 g/mol. The smallest absolute Gasteiger partial charge is 0.135 e. The minimum atomic E-state index is -1.00. The number of hydrogen-bond donors (Lipinski definition) is 1. The summed E-state index contributed by atoms with van der Waals surface area (Å²) in [7, 11) is 1.60. The molecule has 18 heavy (non-hydrogen) atoms. The first-order chi connectivity index (χ1) is 8.41. The van der Waals surface area contributed by atoms with Crippen molar-refractivity contribution >= 4 is 15.9 Å². The molecule has 2 rings (SSSR count). The number of methoxy groups -OCH3 is 1. The van der Waals surface area contributed by atoms with Crippen molar-refractivity contribution in [2.24, 2.45) is 0 Å². The van der Waals surface area contributed by atoms with Gasteiger partial charge in [-0.25, -0.2) is 4.68 Å². The van der Waals surface area contributed by atoms with Gasteiger partial charge in [-0.05, 0) is 41.9 Å². The summed E-state index contributed by atoms with van der Waals surface area (Å²) < 4.78 is 7.69. The quantitative estimate of drug-likeness (QED) is 0.944. The van der Waals surface area contributed by atoms with E-state index in [0.717, 1.165) is 10.2 Å². The van der Waals surface area contributed by atoms with Crippen LogP contribution in [-0.4, -0.2) is 27.2 Å². The number of ether oxygens (including phenoxy) is 1. The molecule has 0 spiro atoms. The highest BCUT2D eigenvalue weighted by molar-refractivity contribution is 9.10. The molecule has 0 bridgehead atoms. The van der Waals surface area contributed by atoms with E-state index in [4.69, 9.17) is 4.74 Å². The Morgan fingerprint density at radius 2 is 2.11 bits per heavy atom. The van der Waals surface area contributed by atoms with E-state index in [1.165, 1.54) is 0 Å². The lowest BCUT2D eigenvalue weighted by atomic mass is 10.1. The molecule has 0 unspecified atom stereocenters. The van der Waals surface area contributed by atoms with Gasteiger partial charge in [0.15, 0.2) is 0 Å². The molecular weight excluding hydrogens is 298 g/mol. The molecule has 5 nitrogen and oxygen atoms in total. The number of rotatable bonds is 3. The molecule has 0 aliphatic rings. The Morgan fingerprint density at radius 1 is 1.39 bits per heavy atom. The van der Waals surface area contributed by atoms with Crippen LogP contribution in [0.5, 0.6) is 5.75 Å². The first kappa shape index (κ1) is 13.0. The van der Waals surface area contributed by atoms with Gasteiger partial charge in [0, 0.05) is 6.07 Å². The molecule has 0 radical (unpaired) electrons. The molecule has 1 aromatic carbocycles. The number of aromatic nitrogens is 3. The van der Waals surface area contributed by atoms with E-state index < -0.39 is 5.60 Å². The van der Waals surface area contributed by atoms with Crippen molar-refractivity contribution in [2.45, 2.75) is 19.4 Å². The van der Waals surface area contributed by atoms with Crippen LogP contribution in [0.1, 0.15) is 19.5 Å². The van der Waals surface area contributed by atoms with Crippen molar-refractivity contribution in [1.82, 2.24) is 15.0 Å². The number of aliphatic hydroxyl groups is 1. The van der Waals surface area contributed by atoms with Gasteiger partial charge in [0.05, 0.1) is 23.5 Å². The summed E-state index contributed by atoms with van der Waals surface area (Å²) in [6, 6.07) is 5.60. The summed E-state index contributed by atoms with van der Waals surface area (Å²) in [5.74, 6) is 0.716. The van der Waals surface area contributed by atoms with E-state index in [9.17, 15) is 5.11 Å². The van der Waals surface area contributed by atoms with Crippen LogP contribution in [0.25, 0.3) is 5.69 Å². The van der Waals surface area contributed by atoms with E-state index in [1.54, 1.807) is 31.8 Å². The Hall–Kier alpha value is -1.40. The zero-order chi connectivity index (χ0) is 13.3. The molecule has 0 fully saturated rings. The van der Waals surface area contributed by atoms with Gasteiger partial charge in [-0.3, -0.25) is 0 Å². The average molecular weight is 312 g/mol. The maximum Gasteiger partial charge on any atom is 0.135 e. The minimum absolute atomic E-state index is 0.518. The van der Waals surface area contributed by atoms with Crippen molar-refractivity contribution in [3.8, 4) is 11.4 Å². The molecule has 1 N–H and O–H groups in total. The van der Waals surface area contributed by atoms with Gasteiger partial charge < -0.3 is 9.84 Å². The van der Waals surface area contributed by atoms with Gasteiger partial charge in [-0.1, -0.05) is 5.21 Å². The third kappa shape index (κ3) is 2.54. The molecule has 0 atom stereocenters. The predicted molar refractivity (Wildman–Crippen MR) is 70.9 cm³/mol. The van der Waals surface area contributed by atoms with Crippen LogP contribution in [-0.2, 0) is 5.60 Å². The van der Waals surface area contributed by atoms with E-state index in [2.05, 4.69) is 26.2 Å². The minimum Gasteiger partial charge on any atom is -0.495 e. The number of benzene rings is 1. The third-order valence-corrected chi connectivity index (χ3v) is 3.17. The van der Waals surface area contributed by atoms with Gasteiger partial charge in [0.2, 0.25) is 0 Å². The Kier molecular flexibility index (Phi) is 3.41. The normalized spacial score (nSPS) is 11.6.